The molecule has 0 aromatic heterocycles. The minimum absolute atomic E-state index is 1.14. The second kappa shape index (κ2) is 17.3. The number of hydrogen-bond acceptors (Lipinski definition) is 1. The predicted molar refractivity (Wildman–Crippen MR) is 35.5 cm³/mol. The van der Waals surface area contributed by atoms with E-state index in [-0.39, 0.29) is 0 Å². The number of nitrogens with one attached hydrogen (secondary N) is 1. The zero-order chi connectivity index (χ0) is 6.12. The molecule has 1 nitrogen and oxygen atoms in total. The van der Waals surface area contributed by atoms with E-state index >= 15 is 0 Å². The van der Waals surface area contributed by atoms with E-state index in [1.807, 2.05) is 7.05 Å². The van der Waals surface area contributed by atoms with Crippen molar-refractivity contribution in [1.82, 2.24) is 5.32 Å². The van der Waals surface area contributed by atoms with Crippen LogP contribution in [0, 0.1) is 0 Å². The van der Waals surface area contributed by atoms with Gasteiger partial charge in [-0.15, -0.1) is 13.2 Å². The Balaban J connectivity index is 0. The van der Waals surface area contributed by atoms with Gasteiger partial charge in [-0.2, -0.15) is 0 Å². The van der Waals surface area contributed by atoms with Crippen molar-refractivity contribution in [1.29, 1.82) is 0 Å². The van der Waals surface area contributed by atoms with Crippen molar-refractivity contribution < 1.29 is 0 Å². The Morgan fingerprint density at radius 1 is 1.43 bits per heavy atom. The number of hydrogen-bond donors (Lipinski definition) is 1. The van der Waals surface area contributed by atoms with Gasteiger partial charge >= 0.3 is 0 Å². The normalized spacial score (nSPS) is 6.57. The predicted octanol–water partition coefficient (Wildman–Crippen LogP) is 1.42. The molecule has 1 heteroatoms. The maximum absolute atomic E-state index is 3.02. The molecule has 0 bridgehead atoms. The molecule has 0 heterocycles. The first-order valence-corrected chi connectivity index (χ1v) is 2.56. The maximum atomic E-state index is 3.02. The van der Waals surface area contributed by atoms with Crippen molar-refractivity contribution in [2.75, 3.05) is 13.6 Å². The summed E-state index contributed by atoms with van der Waals surface area (Å²) in [5.74, 6) is 0. The fourth-order valence-electron chi connectivity index (χ4n) is 0.250. The maximum Gasteiger partial charge on any atom is -0.00546 e. The molecule has 1 N–H and O–H groups in total. The van der Waals surface area contributed by atoms with Gasteiger partial charge in [0.15, 0.2) is 0 Å². The molecule has 0 fully saturated rings. The molecule has 0 rings (SSSR count). The van der Waals surface area contributed by atoms with Crippen molar-refractivity contribution in [2.24, 2.45) is 0 Å². The highest BCUT2D eigenvalue weighted by Gasteiger charge is 1.64. The summed E-state index contributed by atoms with van der Waals surface area (Å²) in [5.41, 5.74) is 0. The van der Waals surface area contributed by atoms with E-state index < -0.39 is 0 Å². The van der Waals surface area contributed by atoms with Crippen LogP contribution in [0.25, 0.3) is 0 Å². The smallest absolute Gasteiger partial charge is 0.00546 e. The summed E-state index contributed by atoms with van der Waals surface area (Å²) in [6, 6.07) is 0. The summed E-state index contributed by atoms with van der Waals surface area (Å²) in [6.45, 7) is 9.29. The van der Waals surface area contributed by atoms with Crippen LogP contribution in [-0.2, 0) is 0 Å². The lowest BCUT2D eigenvalue weighted by Gasteiger charge is -1.84. The van der Waals surface area contributed by atoms with Gasteiger partial charge in [0.25, 0.3) is 0 Å². The summed E-state index contributed by atoms with van der Waals surface area (Å²) < 4.78 is 0. The number of rotatable bonds is 2. The van der Waals surface area contributed by atoms with Gasteiger partial charge in [0, 0.05) is 0 Å². The molecule has 0 spiro atoms. The highest BCUT2D eigenvalue weighted by atomic mass is 14.8. The van der Waals surface area contributed by atoms with Gasteiger partial charge in [-0.1, -0.05) is 6.92 Å². The van der Waals surface area contributed by atoms with Gasteiger partial charge in [0.1, 0.15) is 0 Å². The lowest BCUT2D eigenvalue weighted by atomic mass is 10.5. The van der Waals surface area contributed by atoms with Crippen molar-refractivity contribution in [3.63, 3.8) is 0 Å². The first kappa shape index (κ1) is 9.85. The molecule has 0 aliphatic carbocycles. The van der Waals surface area contributed by atoms with E-state index in [1.165, 1.54) is 6.42 Å². The van der Waals surface area contributed by atoms with Crippen LogP contribution in [-0.4, -0.2) is 13.6 Å². The summed E-state index contributed by atoms with van der Waals surface area (Å²) in [7, 11) is 1.96. The first-order valence-electron chi connectivity index (χ1n) is 2.56. The average Bonchev–Trinajstić information content (AvgIpc) is 1.75. The van der Waals surface area contributed by atoms with E-state index in [1.54, 1.807) is 0 Å². The molecule has 0 aromatic rings. The highest BCUT2D eigenvalue weighted by molar-refractivity contribution is 4.28. The third kappa shape index (κ3) is 27.0. The van der Waals surface area contributed by atoms with Crippen molar-refractivity contribution >= 4 is 0 Å². The molecule has 0 aliphatic heterocycles. The van der Waals surface area contributed by atoms with Crippen LogP contribution in [0.4, 0.5) is 0 Å². The van der Waals surface area contributed by atoms with Gasteiger partial charge in [0.2, 0.25) is 0 Å². The van der Waals surface area contributed by atoms with Crippen LogP contribution in [0.3, 0.4) is 0 Å². The molecule has 0 saturated heterocycles. The van der Waals surface area contributed by atoms with E-state index in [4.69, 9.17) is 0 Å². The Morgan fingerprint density at radius 2 is 1.86 bits per heavy atom. The van der Waals surface area contributed by atoms with Gasteiger partial charge < -0.3 is 5.32 Å². The summed E-state index contributed by atoms with van der Waals surface area (Å²) in [5, 5.41) is 3.02. The molecule has 44 valence electrons. The minimum Gasteiger partial charge on any atom is -0.320 e. The Bertz CT molecular complexity index is 18.1. The van der Waals surface area contributed by atoms with Gasteiger partial charge in [-0.05, 0) is 20.0 Å². The first-order chi connectivity index (χ1) is 3.41. The molecule has 0 aromatic carbocycles. The SMILES string of the molecule is C=C.CCCNC. The van der Waals surface area contributed by atoms with Gasteiger partial charge in [-0.3, -0.25) is 0 Å². The third-order valence-corrected chi connectivity index (χ3v) is 0.500. The zero-order valence-corrected chi connectivity index (χ0v) is 5.33. The third-order valence-electron chi connectivity index (χ3n) is 0.500. The second-order valence-electron chi connectivity index (χ2n) is 1.10. The lowest BCUT2D eigenvalue weighted by Crippen LogP contribution is -2.04. The molecular weight excluding hydrogens is 86.1 g/mol. The van der Waals surface area contributed by atoms with Crippen LogP contribution in [0.2, 0.25) is 0 Å². The summed E-state index contributed by atoms with van der Waals surface area (Å²) >= 11 is 0. The molecule has 0 unspecified atom stereocenters. The van der Waals surface area contributed by atoms with Crippen LogP contribution in [0.5, 0.6) is 0 Å². The standard InChI is InChI=1S/C4H11N.C2H4/c1-3-4-5-2;1-2/h5H,3-4H2,1-2H3;1-2H2. The Morgan fingerprint density at radius 3 is 1.86 bits per heavy atom. The zero-order valence-electron chi connectivity index (χ0n) is 5.33. The van der Waals surface area contributed by atoms with Crippen molar-refractivity contribution in [3.05, 3.63) is 13.2 Å². The van der Waals surface area contributed by atoms with Gasteiger partial charge in [-0.25, -0.2) is 0 Å². The van der Waals surface area contributed by atoms with E-state index in [0.717, 1.165) is 6.54 Å². The fourth-order valence-corrected chi connectivity index (χ4v) is 0.250. The Labute approximate surface area is 46.4 Å². The van der Waals surface area contributed by atoms with E-state index in [0.29, 0.717) is 0 Å². The van der Waals surface area contributed by atoms with Crippen LogP contribution < -0.4 is 5.32 Å². The Kier molecular flexibility index (Phi) is 24.3. The van der Waals surface area contributed by atoms with Crippen LogP contribution in [0.1, 0.15) is 13.3 Å². The van der Waals surface area contributed by atoms with Gasteiger partial charge in [0.05, 0.1) is 0 Å². The molecule has 0 aliphatic rings. The highest BCUT2D eigenvalue weighted by Crippen LogP contribution is 1.62. The molecule has 0 saturated carbocycles. The largest absolute Gasteiger partial charge is 0.320 e. The quantitative estimate of drug-likeness (QED) is 0.519. The monoisotopic (exact) mass is 101 g/mol. The molecule has 7 heavy (non-hydrogen) atoms. The topological polar surface area (TPSA) is 12.0 Å². The Hall–Kier alpha value is -0.300. The summed E-state index contributed by atoms with van der Waals surface area (Å²) in [6.07, 6.45) is 1.23. The van der Waals surface area contributed by atoms with E-state index in [9.17, 15) is 0 Å². The summed E-state index contributed by atoms with van der Waals surface area (Å²) in [4.78, 5) is 0. The lowest BCUT2D eigenvalue weighted by molar-refractivity contribution is 0.772. The minimum atomic E-state index is 1.14. The second-order valence-corrected chi connectivity index (χ2v) is 1.10. The molecule has 0 amide bonds. The van der Waals surface area contributed by atoms with Crippen LogP contribution >= 0.6 is 0 Å². The average molecular weight is 101 g/mol. The molecular formula is C6H15N. The van der Waals surface area contributed by atoms with E-state index in [2.05, 4.69) is 25.4 Å². The fraction of sp³-hybridized carbons (Fsp3) is 0.667. The molecule has 0 radical (unpaired) electrons. The van der Waals surface area contributed by atoms with Crippen molar-refractivity contribution in [2.45, 2.75) is 13.3 Å². The molecule has 0 atom stereocenters. The van der Waals surface area contributed by atoms with Crippen molar-refractivity contribution in [3.8, 4) is 0 Å². The van der Waals surface area contributed by atoms with Crippen LogP contribution in [0.15, 0.2) is 13.2 Å².